The molecule has 4 rings (SSSR count). The Morgan fingerprint density at radius 3 is 2.08 bits per heavy atom. The number of carbonyl (C=O) groups is 2. The van der Waals surface area contributed by atoms with Gasteiger partial charge in [0, 0.05) is 30.9 Å². The topological polar surface area (TPSA) is 90.7 Å². The zero-order valence-corrected chi connectivity index (χ0v) is 22.4. The van der Waals surface area contributed by atoms with E-state index in [1.165, 1.54) is 25.7 Å². The second kappa shape index (κ2) is 13.8. The molecule has 2 aliphatic carbocycles. The Balaban J connectivity index is 0.000000559. The number of carboxylic acids is 2. The highest BCUT2D eigenvalue weighted by Gasteiger charge is 2.39. The van der Waals surface area contributed by atoms with E-state index in [0.29, 0.717) is 12.3 Å². The number of benzene rings is 1. The van der Waals surface area contributed by atoms with Crippen molar-refractivity contribution in [1.29, 1.82) is 0 Å². The maximum absolute atomic E-state index is 13.1. The van der Waals surface area contributed by atoms with E-state index < -0.39 is 29.9 Å². The molecule has 2 fully saturated rings. The number of aromatic nitrogens is 1. The van der Waals surface area contributed by atoms with Crippen LogP contribution in [0.25, 0.3) is 0 Å². The molecule has 3 atom stereocenters. The molecule has 2 N–H and O–H groups in total. The third-order valence-electron chi connectivity index (χ3n) is 7.58. The molecule has 2 aliphatic rings. The van der Waals surface area contributed by atoms with Gasteiger partial charge in [0.05, 0.1) is 16.8 Å². The Morgan fingerprint density at radius 1 is 0.950 bits per heavy atom. The van der Waals surface area contributed by atoms with Crippen molar-refractivity contribution in [2.24, 2.45) is 11.8 Å². The molecule has 1 aromatic heterocycles. The average molecular weight is 595 g/mol. The first kappa shape index (κ1) is 31.9. The highest BCUT2D eigenvalue weighted by Crippen LogP contribution is 2.42. The fraction of sp³-hybridized carbons (Fsp3) is 0.593. The van der Waals surface area contributed by atoms with E-state index in [0.717, 1.165) is 49.3 Å². The summed E-state index contributed by atoms with van der Waals surface area (Å²) in [5.41, 5.74) is 3.08. The molecule has 1 aromatic carbocycles. The van der Waals surface area contributed by atoms with Crippen LogP contribution in [0, 0.1) is 11.8 Å². The van der Waals surface area contributed by atoms with Crippen LogP contribution in [0.2, 0.25) is 0 Å². The number of nitrogens with zero attached hydrogens (tertiary/aromatic N) is 2. The monoisotopic (exact) mass is 594 g/mol. The zero-order chi connectivity index (χ0) is 29.5. The molecule has 0 aliphatic heterocycles. The zero-order valence-electron chi connectivity index (χ0n) is 21.6. The lowest BCUT2D eigenvalue weighted by Crippen LogP contribution is -2.44. The minimum Gasteiger partial charge on any atom is -0.481 e. The molecule has 2 aromatic rings. The maximum Gasteiger partial charge on any atom is 0.490 e. The SMILES string of the molecule is O=C(O)C(F)(F)F.O=C(O)C[C@@H]1CC[C@@H](N(Cc2cscn2)CC2CCCC2)[C@H](c2ccc(C(F)(F)F)cc2)C1. The van der Waals surface area contributed by atoms with Gasteiger partial charge in [-0.25, -0.2) is 9.78 Å². The first-order valence-electron chi connectivity index (χ1n) is 13.0. The Bertz CT molecular complexity index is 1090. The van der Waals surface area contributed by atoms with E-state index in [9.17, 15) is 36.2 Å². The van der Waals surface area contributed by atoms with Crippen molar-refractivity contribution >= 4 is 23.3 Å². The number of hydrogen-bond donors (Lipinski definition) is 2. The number of rotatable bonds is 8. The Kier molecular flexibility index (Phi) is 11.0. The fourth-order valence-electron chi connectivity index (χ4n) is 5.75. The molecule has 40 heavy (non-hydrogen) atoms. The van der Waals surface area contributed by atoms with E-state index in [1.807, 2.05) is 5.51 Å². The van der Waals surface area contributed by atoms with Gasteiger partial charge in [-0.05, 0) is 67.6 Å². The van der Waals surface area contributed by atoms with Gasteiger partial charge in [0.15, 0.2) is 0 Å². The number of thiazole rings is 1. The van der Waals surface area contributed by atoms with E-state index in [-0.39, 0.29) is 24.3 Å². The highest BCUT2D eigenvalue weighted by atomic mass is 32.1. The number of aliphatic carboxylic acids is 2. The summed E-state index contributed by atoms with van der Waals surface area (Å²) >= 11 is 1.57. The van der Waals surface area contributed by atoms with Gasteiger partial charge in [0.25, 0.3) is 0 Å². The number of alkyl halides is 6. The lowest BCUT2D eigenvalue weighted by Gasteiger charge is -2.43. The van der Waals surface area contributed by atoms with Gasteiger partial charge in [0.1, 0.15) is 0 Å². The molecule has 2 saturated carbocycles. The minimum absolute atomic E-state index is 0.00502. The van der Waals surface area contributed by atoms with Crippen molar-refractivity contribution in [3.63, 3.8) is 0 Å². The summed E-state index contributed by atoms with van der Waals surface area (Å²) in [6.07, 6.45) is -2.05. The van der Waals surface area contributed by atoms with Crippen molar-refractivity contribution in [2.75, 3.05) is 6.54 Å². The Morgan fingerprint density at radius 2 is 1.57 bits per heavy atom. The number of hydrogen-bond acceptors (Lipinski definition) is 5. The second-order valence-corrected chi connectivity index (χ2v) is 11.2. The lowest BCUT2D eigenvalue weighted by molar-refractivity contribution is -0.192. The van der Waals surface area contributed by atoms with E-state index in [1.54, 1.807) is 23.5 Å². The highest BCUT2D eigenvalue weighted by molar-refractivity contribution is 7.07. The van der Waals surface area contributed by atoms with Crippen LogP contribution in [0.1, 0.15) is 74.1 Å². The third-order valence-corrected chi connectivity index (χ3v) is 8.21. The molecule has 0 saturated heterocycles. The van der Waals surface area contributed by atoms with Crippen LogP contribution >= 0.6 is 11.3 Å². The van der Waals surface area contributed by atoms with Gasteiger partial charge in [-0.15, -0.1) is 11.3 Å². The molecule has 222 valence electrons. The minimum atomic E-state index is -5.08. The number of carboxylic acid groups (broad SMARTS) is 2. The maximum atomic E-state index is 13.1. The largest absolute Gasteiger partial charge is 0.490 e. The predicted octanol–water partition coefficient (Wildman–Crippen LogP) is 7.21. The fourth-order valence-corrected chi connectivity index (χ4v) is 6.30. The number of halogens is 6. The van der Waals surface area contributed by atoms with Crippen LogP contribution in [-0.2, 0) is 22.3 Å². The van der Waals surface area contributed by atoms with Crippen molar-refractivity contribution in [1.82, 2.24) is 9.88 Å². The summed E-state index contributed by atoms with van der Waals surface area (Å²) in [6, 6.07) is 5.68. The first-order valence-corrected chi connectivity index (χ1v) is 14.0. The molecule has 6 nitrogen and oxygen atoms in total. The van der Waals surface area contributed by atoms with Crippen molar-refractivity contribution in [2.45, 2.75) is 82.2 Å². The molecule has 0 unspecified atom stereocenters. The molecule has 0 radical (unpaired) electrons. The summed E-state index contributed by atoms with van der Waals surface area (Å²) in [7, 11) is 0. The van der Waals surface area contributed by atoms with Crippen LogP contribution < -0.4 is 0 Å². The molecule has 0 bridgehead atoms. The Labute approximate surface area is 232 Å². The predicted molar refractivity (Wildman–Crippen MR) is 136 cm³/mol. The summed E-state index contributed by atoms with van der Waals surface area (Å²) in [6.45, 7) is 1.69. The van der Waals surface area contributed by atoms with Crippen LogP contribution in [0.15, 0.2) is 35.2 Å². The van der Waals surface area contributed by atoms with Gasteiger partial charge >= 0.3 is 24.3 Å². The van der Waals surface area contributed by atoms with Crippen LogP contribution in [0.3, 0.4) is 0 Å². The van der Waals surface area contributed by atoms with E-state index in [2.05, 4.69) is 15.3 Å². The van der Waals surface area contributed by atoms with Crippen molar-refractivity contribution in [3.05, 3.63) is 52.0 Å². The average Bonchev–Trinajstić information content (AvgIpc) is 3.57. The molecule has 13 heteroatoms. The Hall–Kier alpha value is -2.67. The summed E-state index contributed by atoms with van der Waals surface area (Å²) < 4.78 is 71.1. The summed E-state index contributed by atoms with van der Waals surface area (Å²) in [4.78, 5) is 27.3. The van der Waals surface area contributed by atoms with Crippen molar-refractivity contribution in [3.8, 4) is 0 Å². The van der Waals surface area contributed by atoms with Gasteiger partial charge in [-0.1, -0.05) is 25.0 Å². The van der Waals surface area contributed by atoms with Gasteiger partial charge < -0.3 is 10.2 Å². The first-order chi connectivity index (χ1) is 18.7. The third kappa shape index (κ3) is 9.46. The summed E-state index contributed by atoms with van der Waals surface area (Å²) in [5, 5.41) is 18.5. The molecular weight excluding hydrogens is 562 g/mol. The van der Waals surface area contributed by atoms with Crippen LogP contribution in [0.5, 0.6) is 0 Å². The van der Waals surface area contributed by atoms with Crippen LogP contribution in [0.4, 0.5) is 26.3 Å². The van der Waals surface area contributed by atoms with Crippen LogP contribution in [-0.4, -0.2) is 50.8 Å². The lowest BCUT2D eigenvalue weighted by atomic mass is 9.72. The standard InChI is InChI=1S/C25H31F3N2O2S.C2HF3O2/c26-25(27,28)20-8-6-19(7-9-20)22-11-18(12-24(31)32)5-10-23(22)30(13-17-3-1-2-4-17)14-21-15-33-16-29-21;3-2(4,5)1(6)7/h6-9,15-18,22-23H,1-5,10-14H2,(H,31,32);(H,6,7)/t18-,22+,23-;/m1./s1. The summed E-state index contributed by atoms with van der Waals surface area (Å²) in [5.74, 6) is -2.89. The van der Waals surface area contributed by atoms with E-state index >= 15 is 0 Å². The second-order valence-electron chi connectivity index (χ2n) is 10.4. The molecular formula is C27H32F6N2O4S. The molecule has 0 spiro atoms. The normalized spacial score (nSPS) is 22.1. The van der Waals surface area contributed by atoms with Crippen molar-refractivity contribution < 1.29 is 46.1 Å². The quantitative estimate of drug-likeness (QED) is 0.314. The van der Waals surface area contributed by atoms with Gasteiger partial charge in [-0.3, -0.25) is 9.69 Å². The smallest absolute Gasteiger partial charge is 0.481 e. The molecule has 1 heterocycles. The van der Waals surface area contributed by atoms with Gasteiger partial charge in [0.2, 0.25) is 0 Å². The van der Waals surface area contributed by atoms with E-state index in [4.69, 9.17) is 9.90 Å². The van der Waals surface area contributed by atoms with Gasteiger partial charge in [-0.2, -0.15) is 26.3 Å². The molecule has 0 amide bonds.